The van der Waals surface area contributed by atoms with Crippen molar-refractivity contribution in [3.8, 4) is 0 Å². The van der Waals surface area contributed by atoms with Crippen LogP contribution >= 0.6 is 0 Å². The Morgan fingerprint density at radius 1 is 1.42 bits per heavy atom. The van der Waals surface area contributed by atoms with Gasteiger partial charge in [-0.05, 0) is 38.0 Å². The molecule has 1 aliphatic carbocycles. The molecule has 0 aromatic carbocycles. The molecule has 1 fully saturated rings. The predicted octanol–water partition coefficient (Wildman–Crippen LogP) is 2.97. The van der Waals surface area contributed by atoms with Gasteiger partial charge in [0.05, 0.1) is 5.60 Å². The molecule has 1 atom stereocenters. The van der Waals surface area contributed by atoms with Gasteiger partial charge in [0.25, 0.3) is 0 Å². The lowest BCUT2D eigenvalue weighted by atomic mass is 9.92. The van der Waals surface area contributed by atoms with Crippen LogP contribution in [0.15, 0.2) is 0 Å². The van der Waals surface area contributed by atoms with Crippen LogP contribution in [0, 0.1) is 11.8 Å². The highest BCUT2D eigenvalue weighted by atomic mass is 16.3. The number of aliphatic hydroxyl groups is 1. The average Bonchev–Trinajstić information content (AvgIpc) is 2.65. The maximum absolute atomic E-state index is 9.97. The van der Waals surface area contributed by atoms with E-state index in [0.29, 0.717) is 5.92 Å². The van der Waals surface area contributed by atoms with Crippen molar-refractivity contribution in [3.63, 3.8) is 0 Å². The molecule has 0 radical (unpaired) electrons. The summed E-state index contributed by atoms with van der Waals surface area (Å²) in [6.45, 7) is 6.49. The summed E-state index contributed by atoms with van der Waals surface area (Å²) in [5.74, 6) is 1.39. The van der Waals surface area contributed by atoms with E-state index in [-0.39, 0.29) is 5.60 Å². The summed E-state index contributed by atoms with van der Waals surface area (Å²) in [4.78, 5) is 0. The summed E-state index contributed by atoms with van der Waals surface area (Å²) in [5, 5.41) is 9.97. The maximum atomic E-state index is 9.97. The molecule has 0 bridgehead atoms. The zero-order valence-corrected chi connectivity index (χ0v) is 8.64. The molecular weight excluding hydrogens is 148 g/mol. The second-order valence-electron chi connectivity index (χ2n) is 4.92. The van der Waals surface area contributed by atoms with Crippen molar-refractivity contribution in [2.45, 2.75) is 58.5 Å². The standard InChI is InChI=1S/C11H22O/c1-9(2)5-4-8-11(3,12)10-6-7-10/h9-10,12H,4-8H2,1-3H3. The van der Waals surface area contributed by atoms with Crippen LogP contribution in [-0.4, -0.2) is 10.7 Å². The highest BCUT2D eigenvalue weighted by Gasteiger charge is 2.39. The molecule has 1 N–H and O–H groups in total. The fourth-order valence-corrected chi connectivity index (χ4v) is 1.78. The van der Waals surface area contributed by atoms with Crippen LogP contribution in [0.25, 0.3) is 0 Å². The van der Waals surface area contributed by atoms with E-state index in [9.17, 15) is 5.11 Å². The number of hydrogen-bond donors (Lipinski definition) is 1. The van der Waals surface area contributed by atoms with E-state index in [1.54, 1.807) is 0 Å². The van der Waals surface area contributed by atoms with Gasteiger partial charge in [0.2, 0.25) is 0 Å². The normalized spacial score (nSPS) is 22.8. The van der Waals surface area contributed by atoms with Gasteiger partial charge in [0.1, 0.15) is 0 Å². The maximum Gasteiger partial charge on any atom is 0.0647 e. The topological polar surface area (TPSA) is 20.2 Å². The Balaban J connectivity index is 2.12. The quantitative estimate of drug-likeness (QED) is 0.672. The van der Waals surface area contributed by atoms with E-state index in [0.717, 1.165) is 12.3 Å². The SMILES string of the molecule is CC(C)CCCC(C)(O)C1CC1. The third kappa shape index (κ3) is 3.14. The summed E-state index contributed by atoms with van der Waals surface area (Å²) < 4.78 is 0. The summed E-state index contributed by atoms with van der Waals surface area (Å²) in [6.07, 6.45) is 5.92. The second kappa shape index (κ2) is 3.78. The minimum atomic E-state index is -0.352. The Hall–Kier alpha value is -0.0400. The monoisotopic (exact) mass is 170 g/mol. The van der Waals surface area contributed by atoms with Gasteiger partial charge in [-0.25, -0.2) is 0 Å². The Kier molecular flexibility index (Phi) is 3.16. The first-order valence-corrected chi connectivity index (χ1v) is 5.25. The molecule has 0 saturated heterocycles. The van der Waals surface area contributed by atoms with Gasteiger partial charge in [-0.3, -0.25) is 0 Å². The molecule has 1 nitrogen and oxygen atoms in total. The number of rotatable bonds is 5. The van der Waals surface area contributed by atoms with Crippen molar-refractivity contribution < 1.29 is 5.11 Å². The Morgan fingerprint density at radius 3 is 2.42 bits per heavy atom. The van der Waals surface area contributed by atoms with E-state index >= 15 is 0 Å². The second-order valence-corrected chi connectivity index (χ2v) is 4.92. The Morgan fingerprint density at radius 2 is 2.00 bits per heavy atom. The van der Waals surface area contributed by atoms with Gasteiger partial charge in [-0.15, -0.1) is 0 Å². The first-order chi connectivity index (χ1) is 5.52. The molecule has 72 valence electrons. The van der Waals surface area contributed by atoms with Gasteiger partial charge in [-0.1, -0.05) is 26.7 Å². The third-order valence-electron chi connectivity index (χ3n) is 2.92. The van der Waals surface area contributed by atoms with Gasteiger partial charge in [0, 0.05) is 0 Å². The highest BCUT2D eigenvalue weighted by molar-refractivity contribution is 4.90. The lowest BCUT2D eigenvalue weighted by Crippen LogP contribution is -2.26. The van der Waals surface area contributed by atoms with Crippen LogP contribution in [-0.2, 0) is 0 Å². The fourth-order valence-electron chi connectivity index (χ4n) is 1.78. The van der Waals surface area contributed by atoms with Crippen molar-refractivity contribution in [1.82, 2.24) is 0 Å². The molecule has 1 unspecified atom stereocenters. The molecule has 12 heavy (non-hydrogen) atoms. The zero-order valence-electron chi connectivity index (χ0n) is 8.64. The van der Waals surface area contributed by atoms with E-state index < -0.39 is 0 Å². The van der Waals surface area contributed by atoms with Crippen molar-refractivity contribution in [1.29, 1.82) is 0 Å². The lowest BCUT2D eigenvalue weighted by molar-refractivity contribution is 0.0249. The fraction of sp³-hybridized carbons (Fsp3) is 1.00. The van der Waals surface area contributed by atoms with E-state index in [2.05, 4.69) is 13.8 Å². The Bertz CT molecular complexity index is 134. The highest BCUT2D eigenvalue weighted by Crippen LogP contribution is 2.42. The smallest absolute Gasteiger partial charge is 0.0647 e. The molecule has 0 aromatic rings. The summed E-state index contributed by atoms with van der Waals surface area (Å²) in [7, 11) is 0. The van der Waals surface area contributed by atoms with Gasteiger partial charge in [-0.2, -0.15) is 0 Å². The third-order valence-corrected chi connectivity index (χ3v) is 2.92. The molecule has 1 saturated carbocycles. The van der Waals surface area contributed by atoms with Crippen LogP contribution in [0.5, 0.6) is 0 Å². The van der Waals surface area contributed by atoms with Gasteiger partial charge < -0.3 is 5.11 Å². The van der Waals surface area contributed by atoms with Crippen LogP contribution in [0.2, 0.25) is 0 Å². The molecule has 0 heterocycles. The van der Waals surface area contributed by atoms with Gasteiger partial charge >= 0.3 is 0 Å². The zero-order chi connectivity index (χ0) is 9.19. The van der Waals surface area contributed by atoms with Crippen LogP contribution in [0.3, 0.4) is 0 Å². The van der Waals surface area contributed by atoms with Crippen LogP contribution < -0.4 is 0 Å². The van der Waals surface area contributed by atoms with Crippen LogP contribution in [0.4, 0.5) is 0 Å². The van der Waals surface area contributed by atoms with E-state index in [4.69, 9.17) is 0 Å². The molecule has 0 aliphatic heterocycles. The van der Waals surface area contributed by atoms with E-state index in [1.807, 2.05) is 6.92 Å². The average molecular weight is 170 g/mol. The molecular formula is C11H22O. The number of hydrogen-bond acceptors (Lipinski definition) is 1. The van der Waals surface area contributed by atoms with Crippen molar-refractivity contribution >= 4 is 0 Å². The largest absolute Gasteiger partial charge is 0.390 e. The minimum absolute atomic E-state index is 0.352. The molecule has 0 spiro atoms. The molecule has 1 aliphatic rings. The lowest BCUT2D eigenvalue weighted by Gasteiger charge is -2.23. The summed E-state index contributed by atoms with van der Waals surface area (Å²) >= 11 is 0. The molecule has 1 heteroatoms. The first kappa shape index (κ1) is 10.0. The van der Waals surface area contributed by atoms with Crippen LogP contribution in [0.1, 0.15) is 52.9 Å². The Labute approximate surface area is 76.2 Å². The minimum Gasteiger partial charge on any atom is -0.390 e. The summed E-state index contributed by atoms with van der Waals surface area (Å²) in [6, 6.07) is 0. The van der Waals surface area contributed by atoms with E-state index in [1.165, 1.54) is 25.7 Å². The van der Waals surface area contributed by atoms with Crippen molar-refractivity contribution in [2.75, 3.05) is 0 Å². The molecule has 0 aromatic heterocycles. The van der Waals surface area contributed by atoms with Crippen molar-refractivity contribution in [2.24, 2.45) is 11.8 Å². The van der Waals surface area contributed by atoms with Crippen molar-refractivity contribution in [3.05, 3.63) is 0 Å². The first-order valence-electron chi connectivity index (χ1n) is 5.25. The van der Waals surface area contributed by atoms with Gasteiger partial charge in [0.15, 0.2) is 0 Å². The summed E-state index contributed by atoms with van der Waals surface area (Å²) in [5.41, 5.74) is -0.352. The molecule has 0 amide bonds. The predicted molar refractivity (Wildman–Crippen MR) is 52.0 cm³/mol. The molecule has 1 rings (SSSR count).